The van der Waals surface area contributed by atoms with Crippen LogP contribution in [0.5, 0.6) is 0 Å². The summed E-state index contributed by atoms with van der Waals surface area (Å²) in [5.41, 5.74) is 4.34. The SMILES string of the molecule is Cc1ccc(Cl)cc1NC(=O)/C(C#N)=C\c1cc2c(cc1Cl)N(C)C(C)(C)C[C@H]2C. The minimum atomic E-state index is -0.497. The smallest absolute Gasteiger partial charge is 0.266 e. The lowest BCUT2D eigenvalue weighted by atomic mass is 9.80. The molecule has 0 unspecified atom stereocenters. The zero-order valence-electron chi connectivity index (χ0n) is 17.8. The maximum atomic E-state index is 12.7. The first kappa shape index (κ1) is 22.2. The van der Waals surface area contributed by atoms with Crippen molar-refractivity contribution >= 4 is 46.6 Å². The van der Waals surface area contributed by atoms with Crippen molar-refractivity contribution in [3.63, 3.8) is 0 Å². The predicted octanol–water partition coefficient (Wildman–Crippen LogP) is 6.57. The van der Waals surface area contributed by atoms with E-state index in [1.54, 1.807) is 18.2 Å². The molecule has 1 aliphatic rings. The number of anilines is 2. The van der Waals surface area contributed by atoms with Crippen LogP contribution in [0.4, 0.5) is 11.4 Å². The van der Waals surface area contributed by atoms with E-state index < -0.39 is 5.91 Å². The fourth-order valence-corrected chi connectivity index (χ4v) is 4.32. The molecule has 1 amide bonds. The molecule has 6 heteroatoms. The lowest BCUT2D eigenvalue weighted by molar-refractivity contribution is -0.112. The molecule has 2 aromatic rings. The first-order valence-electron chi connectivity index (χ1n) is 9.80. The molecule has 0 bridgehead atoms. The molecule has 1 N–H and O–H groups in total. The number of hydrogen-bond acceptors (Lipinski definition) is 3. The molecule has 1 atom stereocenters. The van der Waals surface area contributed by atoms with Gasteiger partial charge in [0.1, 0.15) is 11.6 Å². The predicted molar refractivity (Wildman–Crippen MR) is 125 cm³/mol. The Labute approximate surface area is 188 Å². The monoisotopic (exact) mass is 441 g/mol. The molecule has 0 fully saturated rings. The summed E-state index contributed by atoms with van der Waals surface area (Å²) in [6.07, 6.45) is 2.55. The number of rotatable bonds is 3. The molecule has 0 aliphatic carbocycles. The zero-order valence-corrected chi connectivity index (χ0v) is 19.3. The molecular formula is C24H25Cl2N3O. The van der Waals surface area contributed by atoms with Crippen molar-refractivity contribution in [1.29, 1.82) is 5.26 Å². The van der Waals surface area contributed by atoms with Gasteiger partial charge in [0.15, 0.2) is 0 Å². The van der Waals surface area contributed by atoms with Gasteiger partial charge in [-0.3, -0.25) is 4.79 Å². The second-order valence-electron chi connectivity index (χ2n) is 8.49. The molecule has 0 saturated carbocycles. The van der Waals surface area contributed by atoms with E-state index in [9.17, 15) is 10.1 Å². The van der Waals surface area contributed by atoms with Crippen LogP contribution in [0.3, 0.4) is 0 Å². The van der Waals surface area contributed by atoms with Crippen LogP contribution in [-0.4, -0.2) is 18.5 Å². The van der Waals surface area contributed by atoms with E-state index in [1.165, 1.54) is 0 Å². The molecule has 0 radical (unpaired) electrons. The van der Waals surface area contributed by atoms with E-state index in [0.29, 0.717) is 27.2 Å². The van der Waals surface area contributed by atoms with E-state index in [-0.39, 0.29) is 11.1 Å². The van der Waals surface area contributed by atoms with Crippen LogP contribution < -0.4 is 10.2 Å². The number of aryl methyl sites for hydroxylation is 1. The standard InChI is InChI=1S/C24H25Cl2N3O/c1-14-6-7-18(25)10-21(14)28-23(30)17(13-27)8-16-9-19-15(2)12-24(3,4)29(5)22(19)11-20(16)26/h6-11,15H,12H2,1-5H3,(H,28,30)/b17-8-/t15-/m1/s1. The number of fused-ring (bicyclic) bond motifs is 1. The summed E-state index contributed by atoms with van der Waals surface area (Å²) < 4.78 is 0. The third kappa shape index (κ3) is 4.33. The first-order chi connectivity index (χ1) is 14.0. The van der Waals surface area contributed by atoms with Crippen LogP contribution in [-0.2, 0) is 4.79 Å². The Morgan fingerprint density at radius 2 is 2.00 bits per heavy atom. The Balaban J connectivity index is 1.97. The zero-order chi connectivity index (χ0) is 22.2. The van der Waals surface area contributed by atoms with Crippen molar-refractivity contribution in [2.45, 2.75) is 45.6 Å². The molecule has 1 aliphatic heterocycles. The molecule has 0 aromatic heterocycles. The van der Waals surface area contributed by atoms with Crippen LogP contribution in [0, 0.1) is 18.3 Å². The lowest BCUT2D eigenvalue weighted by Gasteiger charge is -2.45. The number of hydrogen-bond donors (Lipinski definition) is 1. The Hall–Kier alpha value is -2.48. The lowest BCUT2D eigenvalue weighted by Crippen LogP contribution is -2.45. The summed E-state index contributed by atoms with van der Waals surface area (Å²) >= 11 is 12.6. The Morgan fingerprint density at radius 1 is 1.30 bits per heavy atom. The van der Waals surface area contributed by atoms with Crippen LogP contribution in [0.2, 0.25) is 10.0 Å². The van der Waals surface area contributed by atoms with Crippen molar-refractivity contribution in [2.75, 3.05) is 17.3 Å². The van der Waals surface area contributed by atoms with E-state index in [0.717, 1.165) is 23.2 Å². The normalized spacial score (nSPS) is 17.9. The van der Waals surface area contributed by atoms with Gasteiger partial charge in [-0.1, -0.05) is 36.2 Å². The second-order valence-corrected chi connectivity index (χ2v) is 9.34. The quantitative estimate of drug-likeness (QED) is 0.432. The molecule has 0 saturated heterocycles. The number of halogens is 2. The molecule has 30 heavy (non-hydrogen) atoms. The van der Waals surface area contributed by atoms with Gasteiger partial charge >= 0.3 is 0 Å². The van der Waals surface area contributed by atoms with Crippen molar-refractivity contribution < 1.29 is 4.79 Å². The summed E-state index contributed by atoms with van der Waals surface area (Å²) in [4.78, 5) is 15.0. The largest absolute Gasteiger partial charge is 0.369 e. The van der Waals surface area contributed by atoms with Crippen molar-refractivity contribution in [3.8, 4) is 6.07 Å². The van der Waals surface area contributed by atoms with Gasteiger partial charge in [-0.15, -0.1) is 0 Å². The van der Waals surface area contributed by atoms with E-state index >= 15 is 0 Å². The summed E-state index contributed by atoms with van der Waals surface area (Å²) in [5, 5.41) is 13.4. The molecule has 1 heterocycles. The third-order valence-electron chi connectivity index (χ3n) is 5.86. The first-order valence-corrected chi connectivity index (χ1v) is 10.6. The molecule has 2 aromatic carbocycles. The van der Waals surface area contributed by atoms with Crippen molar-refractivity contribution in [2.24, 2.45) is 0 Å². The van der Waals surface area contributed by atoms with Gasteiger partial charge in [0.2, 0.25) is 0 Å². The minimum Gasteiger partial charge on any atom is -0.369 e. The van der Waals surface area contributed by atoms with E-state index in [2.05, 4.69) is 38.0 Å². The number of carbonyl (C=O) groups excluding carboxylic acids is 1. The number of nitriles is 1. The van der Waals surface area contributed by atoms with E-state index in [1.807, 2.05) is 31.2 Å². The number of nitrogens with zero attached hydrogens (tertiary/aromatic N) is 2. The highest BCUT2D eigenvalue weighted by molar-refractivity contribution is 6.32. The Bertz CT molecular complexity index is 1080. The Morgan fingerprint density at radius 3 is 2.67 bits per heavy atom. The van der Waals surface area contributed by atoms with E-state index in [4.69, 9.17) is 23.2 Å². The van der Waals surface area contributed by atoms with Gasteiger partial charge < -0.3 is 10.2 Å². The molecule has 3 rings (SSSR count). The van der Waals surface area contributed by atoms with Crippen molar-refractivity contribution in [1.82, 2.24) is 0 Å². The maximum absolute atomic E-state index is 12.7. The molecule has 4 nitrogen and oxygen atoms in total. The van der Waals surface area contributed by atoms with Crippen LogP contribution in [0.25, 0.3) is 6.08 Å². The number of benzene rings is 2. The summed E-state index contributed by atoms with van der Waals surface area (Å²) in [6.45, 7) is 8.48. The number of nitrogens with one attached hydrogen (secondary N) is 1. The summed E-state index contributed by atoms with van der Waals surface area (Å²) in [6, 6.07) is 11.1. The number of amides is 1. The highest BCUT2D eigenvalue weighted by Crippen LogP contribution is 2.44. The Kier molecular flexibility index (Phi) is 6.17. The topological polar surface area (TPSA) is 56.1 Å². The fourth-order valence-electron chi connectivity index (χ4n) is 3.94. The highest BCUT2D eigenvalue weighted by Gasteiger charge is 2.34. The minimum absolute atomic E-state index is 0.0200. The molecule has 156 valence electrons. The number of carbonyl (C=O) groups is 1. The highest BCUT2D eigenvalue weighted by atomic mass is 35.5. The van der Waals surface area contributed by atoms with Crippen LogP contribution in [0.1, 0.15) is 49.8 Å². The average Bonchev–Trinajstić information content (AvgIpc) is 2.67. The molecular weight excluding hydrogens is 417 g/mol. The summed E-state index contributed by atoms with van der Waals surface area (Å²) in [5.74, 6) is -0.160. The second kappa shape index (κ2) is 8.34. The van der Waals surface area contributed by atoms with Gasteiger partial charge in [0.05, 0.1) is 0 Å². The van der Waals surface area contributed by atoms with Crippen LogP contribution >= 0.6 is 23.2 Å². The average molecular weight is 442 g/mol. The van der Waals surface area contributed by atoms with Gasteiger partial charge in [-0.25, -0.2) is 0 Å². The van der Waals surface area contributed by atoms with Gasteiger partial charge in [-0.2, -0.15) is 5.26 Å². The van der Waals surface area contributed by atoms with Crippen LogP contribution in [0.15, 0.2) is 35.9 Å². The van der Waals surface area contributed by atoms with Gasteiger partial charge in [-0.05, 0) is 80.1 Å². The van der Waals surface area contributed by atoms with Crippen molar-refractivity contribution in [3.05, 3.63) is 62.6 Å². The molecule has 0 spiro atoms. The van der Waals surface area contributed by atoms with Gasteiger partial charge in [0.25, 0.3) is 5.91 Å². The maximum Gasteiger partial charge on any atom is 0.266 e. The van der Waals surface area contributed by atoms with Gasteiger partial charge in [0, 0.05) is 34.0 Å². The third-order valence-corrected chi connectivity index (χ3v) is 6.43. The fraction of sp³-hybridized carbons (Fsp3) is 0.333. The summed E-state index contributed by atoms with van der Waals surface area (Å²) in [7, 11) is 2.07.